The monoisotopic (exact) mass is 1060 g/mol. The van der Waals surface area contributed by atoms with Crippen molar-refractivity contribution < 1.29 is 56.0 Å². The van der Waals surface area contributed by atoms with Gasteiger partial charge in [0.15, 0.2) is 23.0 Å². The van der Waals surface area contributed by atoms with Gasteiger partial charge < -0.3 is 44.0 Å². The number of hydrogen-bond donors (Lipinski definition) is 2. The minimum atomic E-state index is -3.64. The van der Waals surface area contributed by atoms with Gasteiger partial charge >= 0.3 is 0 Å². The molecule has 0 fully saturated rings. The van der Waals surface area contributed by atoms with Gasteiger partial charge in [-0.3, -0.25) is 29.0 Å². The number of thiophene rings is 1. The number of amides is 4. The van der Waals surface area contributed by atoms with Crippen LogP contribution in [-0.2, 0) is 10.0 Å². The highest BCUT2D eigenvalue weighted by atomic mass is 32.2. The van der Waals surface area contributed by atoms with Gasteiger partial charge in [0.1, 0.15) is 15.7 Å². The summed E-state index contributed by atoms with van der Waals surface area (Å²) in [5.74, 6) is 1.33. The highest BCUT2D eigenvalue weighted by Gasteiger charge is 2.44. The summed E-state index contributed by atoms with van der Waals surface area (Å²) in [6, 6.07) is 22.9. The number of methoxy groups -OCH3 is 4. The average Bonchev–Trinajstić information content (AvgIpc) is 4.11. The number of rotatable bonds is 27. The summed E-state index contributed by atoms with van der Waals surface area (Å²) in [5, 5.41) is 1.70. The molecule has 2 atom stereocenters. The molecule has 398 valence electrons. The minimum Gasteiger partial charge on any atom is -0.493 e. The molecular weight excluding hydrogens is 989 g/mol. The van der Waals surface area contributed by atoms with Crippen molar-refractivity contribution in [2.24, 2.45) is 5.73 Å². The zero-order valence-corrected chi connectivity index (χ0v) is 45.0. The average molecular weight is 1060 g/mol. The fourth-order valence-corrected chi connectivity index (χ4v) is 10.9. The van der Waals surface area contributed by atoms with Crippen LogP contribution >= 0.6 is 11.3 Å². The second-order valence-corrected chi connectivity index (χ2v) is 20.9. The molecule has 3 heterocycles. The Labute approximate surface area is 438 Å². The summed E-state index contributed by atoms with van der Waals surface area (Å²) >= 11 is 1.13. The van der Waals surface area contributed by atoms with Crippen LogP contribution in [0.2, 0.25) is 0 Å². The molecule has 0 unspecified atom stereocenters. The summed E-state index contributed by atoms with van der Waals surface area (Å²) in [6.45, 7) is 3.14. The van der Waals surface area contributed by atoms with Crippen LogP contribution in [0, 0.1) is 0 Å². The van der Waals surface area contributed by atoms with E-state index >= 15 is 0 Å². The number of imide groups is 2. The number of sulfonamides is 1. The lowest BCUT2D eigenvalue weighted by molar-refractivity contribution is 0.0555. The summed E-state index contributed by atoms with van der Waals surface area (Å²) in [7, 11) is 10.5. The molecule has 0 bridgehead atoms. The molecule has 0 saturated carbocycles. The minimum absolute atomic E-state index is 0.132. The molecule has 20 heteroatoms. The maximum Gasteiger partial charge on any atom is 0.265 e. The third-order valence-corrected chi connectivity index (χ3v) is 15.3. The van der Waals surface area contributed by atoms with Gasteiger partial charge in [0, 0.05) is 19.6 Å². The van der Waals surface area contributed by atoms with Crippen molar-refractivity contribution in [3.63, 3.8) is 0 Å². The van der Waals surface area contributed by atoms with Gasteiger partial charge in [0.25, 0.3) is 23.6 Å². The Hall–Kier alpha value is -6.55. The Morgan fingerprint density at radius 1 is 0.568 bits per heavy atom. The van der Waals surface area contributed by atoms with E-state index in [2.05, 4.69) is 9.62 Å². The first kappa shape index (κ1) is 56.7. The number of benzene rings is 4. The van der Waals surface area contributed by atoms with Gasteiger partial charge in [-0.1, -0.05) is 30.3 Å². The van der Waals surface area contributed by atoms with Crippen LogP contribution in [0.4, 0.5) is 0 Å². The fourth-order valence-electron chi connectivity index (χ4n) is 8.79. The quantitative estimate of drug-likeness (QED) is 0.0391. The van der Waals surface area contributed by atoms with Crippen molar-refractivity contribution in [1.82, 2.24) is 24.3 Å². The van der Waals surface area contributed by atoms with Crippen LogP contribution in [-0.4, -0.2) is 148 Å². The SMILES string of the molecule is COc1ccc([C@@H](CCCN)N2C(=O)c3cccc(OCCCN(C)C)c3C2=O)cc1OC.COc1ccc([C@@H](CCCNS(=O)(=O)c2cccs2)N2C(=O)c3cccc(OCCCN(C)C)c3C2=O)cc1OC. The maximum absolute atomic E-state index is 13.9. The van der Waals surface area contributed by atoms with Crippen LogP contribution in [0.1, 0.15) is 103 Å². The molecule has 4 aromatic carbocycles. The van der Waals surface area contributed by atoms with Crippen molar-refractivity contribution in [2.75, 3.05) is 96.0 Å². The lowest BCUT2D eigenvalue weighted by Gasteiger charge is -2.27. The molecule has 74 heavy (non-hydrogen) atoms. The Balaban J connectivity index is 0.000000247. The molecule has 7 rings (SSSR count). The molecule has 0 aliphatic carbocycles. The van der Waals surface area contributed by atoms with Crippen LogP contribution in [0.5, 0.6) is 34.5 Å². The van der Waals surface area contributed by atoms with Gasteiger partial charge in [0.2, 0.25) is 10.0 Å². The maximum atomic E-state index is 13.9. The van der Waals surface area contributed by atoms with E-state index in [1.165, 1.54) is 24.0 Å². The fraction of sp³-hybridized carbons (Fsp3) is 0.407. The molecule has 3 N–H and O–H groups in total. The summed E-state index contributed by atoms with van der Waals surface area (Å²) in [4.78, 5) is 61.2. The topological polar surface area (TPSA) is 209 Å². The van der Waals surface area contributed by atoms with E-state index in [0.29, 0.717) is 96.6 Å². The number of hydrogen-bond acceptors (Lipinski definition) is 16. The van der Waals surface area contributed by atoms with E-state index in [1.54, 1.807) is 92.4 Å². The Kier molecular flexibility index (Phi) is 20.4. The zero-order chi connectivity index (χ0) is 53.5. The smallest absolute Gasteiger partial charge is 0.265 e. The second kappa shape index (κ2) is 26.6. The zero-order valence-electron chi connectivity index (χ0n) is 43.4. The highest BCUT2D eigenvalue weighted by Crippen LogP contribution is 2.42. The van der Waals surface area contributed by atoms with Crippen LogP contribution in [0.15, 0.2) is 94.5 Å². The predicted octanol–water partition coefficient (Wildman–Crippen LogP) is 7.30. The number of fused-ring (bicyclic) bond motifs is 2. The van der Waals surface area contributed by atoms with Gasteiger partial charge in [-0.05, 0) is 144 Å². The second-order valence-electron chi connectivity index (χ2n) is 18.0. The first-order valence-corrected chi connectivity index (χ1v) is 26.7. The first-order valence-electron chi connectivity index (χ1n) is 24.3. The Morgan fingerprint density at radius 2 is 1.03 bits per heavy atom. The number of nitrogens with zero attached hydrogens (tertiary/aromatic N) is 4. The van der Waals surface area contributed by atoms with Crippen molar-refractivity contribution in [2.45, 2.75) is 54.8 Å². The van der Waals surface area contributed by atoms with Crippen LogP contribution < -0.4 is 38.9 Å². The third-order valence-electron chi connectivity index (χ3n) is 12.4. The first-order chi connectivity index (χ1) is 35.6. The van der Waals surface area contributed by atoms with Crippen LogP contribution in [0.3, 0.4) is 0 Å². The molecule has 0 spiro atoms. The molecule has 2 aliphatic rings. The van der Waals surface area contributed by atoms with Crippen molar-refractivity contribution >= 4 is 45.0 Å². The van der Waals surface area contributed by atoms with E-state index in [1.807, 2.05) is 45.2 Å². The van der Waals surface area contributed by atoms with Crippen LogP contribution in [0.25, 0.3) is 0 Å². The van der Waals surface area contributed by atoms with E-state index in [4.69, 9.17) is 34.2 Å². The summed E-state index contributed by atoms with van der Waals surface area (Å²) in [5.41, 5.74) is 8.42. The molecule has 18 nitrogen and oxygen atoms in total. The van der Waals surface area contributed by atoms with Crippen molar-refractivity contribution in [3.05, 3.63) is 124 Å². The van der Waals surface area contributed by atoms with E-state index in [9.17, 15) is 27.6 Å². The van der Waals surface area contributed by atoms with E-state index in [-0.39, 0.29) is 33.7 Å². The van der Waals surface area contributed by atoms with Gasteiger partial charge in [-0.2, -0.15) is 0 Å². The highest BCUT2D eigenvalue weighted by molar-refractivity contribution is 7.91. The predicted molar refractivity (Wildman–Crippen MR) is 283 cm³/mol. The number of carbonyl (C=O) groups excluding carboxylic acids is 4. The summed E-state index contributed by atoms with van der Waals surface area (Å²) < 4.78 is 61.5. The normalized spacial score (nSPS) is 13.9. The number of nitrogens with one attached hydrogen (secondary N) is 1. The number of ether oxygens (including phenoxy) is 6. The lowest BCUT2D eigenvalue weighted by atomic mass is 9.99. The standard InChI is InChI=1S/C29H35N3O7S2.C25H33N3O5/c1-31(2)16-8-17-39-24-11-5-9-21-27(24)29(34)32(28(21)33)22(20-13-14-23(37-3)25(19-20)38-4)10-6-15-30-41(35,36)26-12-7-18-40-26;1-27(2)14-7-15-33-21-10-5-8-18-23(21)25(30)28(24(18)29)19(9-6-13-26)17-11-12-20(31-3)22(16-17)32-4/h5,7,9,11-14,18-19,22,30H,6,8,10,15-17H2,1-4H3;5,8,10-12,16,19H,6-7,9,13-15,26H2,1-4H3/t22-;19-/m11/s1. The van der Waals surface area contributed by atoms with E-state index in [0.717, 1.165) is 42.8 Å². The van der Waals surface area contributed by atoms with Crippen molar-refractivity contribution in [1.29, 1.82) is 0 Å². The molecule has 0 saturated heterocycles. The molecule has 0 radical (unpaired) electrons. The molecule has 1 aromatic heterocycles. The lowest BCUT2D eigenvalue weighted by Crippen LogP contribution is -2.35. The van der Waals surface area contributed by atoms with Gasteiger partial charge in [-0.15, -0.1) is 11.3 Å². The molecule has 5 aromatic rings. The molecule has 2 aliphatic heterocycles. The largest absolute Gasteiger partial charge is 0.493 e. The Bertz CT molecular complexity index is 2840. The van der Waals surface area contributed by atoms with Gasteiger partial charge in [-0.25, -0.2) is 13.1 Å². The number of nitrogens with two attached hydrogens (primary N) is 1. The third kappa shape index (κ3) is 13.4. The van der Waals surface area contributed by atoms with E-state index < -0.39 is 33.9 Å². The molecule has 4 amide bonds. The number of carbonyl (C=O) groups is 4. The molecular formula is C54H68N6O12S2. The summed E-state index contributed by atoms with van der Waals surface area (Å²) in [6.07, 6.45) is 3.44. The van der Waals surface area contributed by atoms with Crippen molar-refractivity contribution in [3.8, 4) is 34.5 Å². The Morgan fingerprint density at radius 3 is 1.43 bits per heavy atom. The van der Waals surface area contributed by atoms with Gasteiger partial charge in [0.05, 0.1) is 76.0 Å².